The number of halogens is 1. The molecule has 4 heterocycles. The number of hydrogen-bond donors (Lipinski definition) is 0. The van der Waals surface area contributed by atoms with E-state index in [4.69, 9.17) is 4.74 Å². The maximum atomic E-state index is 14.9. The molecule has 9 nitrogen and oxygen atoms in total. The van der Waals surface area contributed by atoms with E-state index in [1.54, 1.807) is 21.7 Å². The Labute approximate surface area is 250 Å². The second-order valence-electron chi connectivity index (χ2n) is 12.0. The van der Waals surface area contributed by atoms with Gasteiger partial charge < -0.3 is 14.5 Å². The predicted molar refractivity (Wildman–Crippen MR) is 167 cm³/mol. The number of nitrogens with zero attached hydrogens (tertiary/aromatic N) is 6. The van der Waals surface area contributed by atoms with Gasteiger partial charge in [-0.2, -0.15) is 4.98 Å². The highest BCUT2D eigenvalue weighted by Crippen LogP contribution is 2.50. The quantitative estimate of drug-likeness (QED) is 0.259. The molecule has 0 N–H and O–H groups in total. The average Bonchev–Trinajstić information content (AvgIpc) is 3.76. The minimum Gasteiger partial charge on any atom is -0.486 e. The summed E-state index contributed by atoms with van der Waals surface area (Å²) in [4.78, 5) is 44.1. The van der Waals surface area contributed by atoms with Crippen LogP contribution >= 0.6 is 9.24 Å². The van der Waals surface area contributed by atoms with E-state index in [0.717, 1.165) is 46.2 Å². The summed E-state index contributed by atoms with van der Waals surface area (Å²) in [6, 6.07) is 5.09. The Balaban J connectivity index is 1.54. The summed E-state index contributed by atoms with van der Waals surface area (Å²) >= 11 is 0. The molecule has 2 atom stereocenters. The molecule has 2 fully saturated rings. The smallest absolute Gasteiger partial charge is 0.354 e. The van der Waals surface area contributed by atoms with Crippen LogP contribution in [0.15, 0.2) is 48.2 Å². The fourth-order valence-electron chi connectivity index (χ4n) is 6.54. The molecule has 1 saturated heterocycles. The van der Waals surface area contributed by atoms with Gasteiger partial charge in [-0.15, -0.1) is 9.24 Å². The standard InChI is InChI=1S/C32H32FN6O3P/c1-5-23(40)37-10-11-38(18(3)14-37)30-20-12-17(2)24-25-19(6-7-21(33)28(25)43)15-42-27(24)26(20)39(31(41)36-30)22-13-34-16-35-29(22)32(4)8-9-32/h5-7,12-13,16,18H,1,8-11,14-15,43H2,2-4H3/t18-/m0/s1. The Hall–Kier alpha value is -4.17. The monoisotopic (exact) mass is 598 g/mol. The van der Waals surface area contributed by atoms with Crippen LogP contribution < -0.4 is 20.6 Å². The maximum Gasteiger partial charge on any atom is 0.354 e. The van der Waals surface area contributed by atoms with Crippen LogP contribution in [0.3, 0.4) is 0 Å². The summed E-state index contributed by atoms with van der Waals surface area (Å²) in [7, 11) is 2.54. The second-order valence-corrected chi connectivity index (χ2v) is 12.6. The predicted octanol–water partition coefficient (Wildman–Crippen LogP) is 3.96. The molecule has 11 heteroatoms. The van der Waals surface area contributed by atoms with Crippen molar-refractivity contribution in [3.8, 4) is 22.6 Å². The van der Waals surface area contributed by atoms with E-state index in [1.807, 2.05) is 19.9 Å². The van der Waals surface area contributed by atoms with Crippen molar-refractivity contribution in [2.45, 2.75) is 51.7 Å². The number of aryl methyl sites for hydroxylation is 1. The fraction of sp³-hybridized carbons (Fsp3) is 0.344. The van der Waals surface area contributed by atoms with Crippen LogP contribution in [0.1, 0.15) is 43.5 Å². The van der Waals surface area contributed by atoms with Crippen LogP contribution in [0.4, 0.5) is 10.2 Å². The highest BCUT2D eigenvalue weighted by Gasteiger charge is 2.43. The number of benzene rings is 2. The number of fused-ring (bicyclic) bond motifs is 5. The third-order valence-corrected chi connectivity index (χ3v) is 9.67. The van der Waals surface area contributed by atoms with Crippen molar-refractivity contribution in [2.75, 3.05) is 24.5 Å². The van der Waals surface area contributed by atoms with Crippen LogP contribution in [0.2, 0.25) is 0 Å². The molecule has 1 saturated carbocycles. The molecule has 1 unspecified atom stereocenters. The van der Waals surface area contributed by atoms with Gasteiger partial charge in [-0.3, -0.25) is 9.36 Å². The third kappa shape index (κ3) is 4.26. The first kappa shape index (κ1) is 27.7. The van der Waals surface area contributed by atoms with E-state index in [9.17, 15) is 14.0 Å². The van der Waals surface area contributed by atoms with Crippen LogP contribution in [0.25, 0.3) is 27.7 Å². The van der Waals surface area contributed by atoms with Gasteiger partial charge in [0.1, 0.15) is 30.1 Å². The van der Waals surface area contributed by atoms with Crippen molar-refractivity contribution in [2.24, 2.45) is 0 Å². The minimum absolute atomic E-state index is 0.115. The molecular formula is C32H32FN6O3P. The lowest BCUT2D eigenvalue weighted by Crippen LogP contribution is -2.54. The van der Waals surface area contributed by atoms with Crippen molar-refractivity contribution in [1.29, 1.82) is 0 Å². The van der Waals surface area contributed by atoms with Crippen molar-refractivity contribution in [3.05, 3.63) is 76.5 Å². The maximum absolute atomic E-state index is 14.9. The van der Waals surface area contributed by atoms with Crippen LogP contribution in [-0.2, 0) is 16.8 Å². The van der Waals surface area contributed by atoms with Crippen LogP contribution in [-0.4, -0.2) is 56.0 Å². The third-order valence-electron chi connectivity index (χ3n) is 9.10. The van der Waals surface area contributed by atoms with Gasteiger partial charge in [0.05, 0.1) is 17.6 Å². The number of anilines is 1. The molecule has 4 aromatic rings. The molecule has 2 aromatic carbocycles. The van der Waals surface area contributed by atoms with Crippen molar-refractivity contribution in [3.63, 3.8) is 0 Å². The Morgan fingerprint density at radius 3 is 2.77 bits per heavy atom. The van der Waals surface area contributed by atoms with Gasteiger partial charge in [-0.1, -0.05) is 19.6 Å². The summed E-state index contributed by atoms with van der Waals surface area (Å²) in [6.45, 7) is 11.4. The second kappa shape index (κ2) is 9.95. The number of ether oxygens (including phenoxy) is 1. The Morgan fingerprint density at radius 1 is 1.26 bits per heavy atom. The van der Waals surface area contributed by atoms with Crippen molar-refractivity contribution >= 4 is 37.2 Å². The van der Waals surface area contributed by atoms with Gasteiger partial charge >= 0.3 is 5.69 Å². The summed E-state index contributed by atoms with van der Waals surface area (Å²) in [6.07, 6.45) is 6.42. The molecule has 3 aliphatic rings. The number of hydrogen-bond acceptors (Lipinski definition) is 7. The van der Waals surface area contributed by atoms with Gasteiger partial charge in [0, 0.05) is 52.9 Å². The molecular weight excluding hydrogens is 566 g/mol. The lowest BCUT2D eigenvalue weighted by atomic mass is 9.91. The van der Waals surface area contributed by atoms with Crippen LogP contribution in [0, 0.1) is 12.7 Å². The van der Waals surface area contributed by atoms with Crippen LogP contribution in [0.5, 0.6) is 5.75 Å². The summed E-state index contributed by atoms with van der Waals surface area (Å²) in [5, 5.41) is 1.19. The molecule has 2 aromatic heterocycles. The first-order valence-electron chi connectivity index (χ1n) is 14.4. The van der Waals surface area contributed by atoms with Gasteiger partial charge in [0.25, 0.3) is 0 Å². The van der Waals surface area contributed by atoms with E-state index < -0.39 is 5.69 Å². The molecule has 43 heavy (non-hydrogen) atoms. The molecule has 1 aliphatic carbocycles. The zero-order valence-electron chi connectivity index (χ0n) is 24.4. The lowest BCUT2D eigenvalue weighted by molar-refractivity contribution is -0.126. The normalized spacial score (nSPS) is 18.6. The number of aromatic nitrogens is 4. The van der Waals surface area contributed by atoms with E-state index >= 15 is 0 Å². The molecule has 0 radical (unpaired) electrons. The number of carbonyl (C=O) groups is 1. The fourth-order valence-corrected chi connectivity index (χ4v) is 6.97. The Morgan fingerprint density at radius 2 is 2.05 bits per heavy atom. The number of piperazine rings is 1. The highest BCUT2D eigenvalue weighted by molar-refractivity contribution is 7.28. The molecule has 2 aliphatic heterocycles. The number of rotatable bonds is 4. The highest BCUT2D eigenvalue weighted by atomic mass is 31.0. The Kier molecular flexibility index (Phi) is 6.40. The van der Waals surface area contributed by atoms with E-state index in [2.05, 4.69) is 42.6 Å². The van der Waals surface area contributed by atoms with Crippen molar-refractivity contribution in [1.82, 2.24) is 24.4 Å². The molecule has 1 amide bonds. The van der Waals surface area contributed by atoms with E-state index in [1.165, 1.54) is 18.5 Å². The Bertz CT molecular complexity index is 1920. The number of carbonyl (C=O) groups excluding carboxylic acids is 1. The number of amides is 1. The van der Waals surface area contributed by atoms with E-state index in [0.29, 0.717) is 47.7 Å². The van der Waals surface area contributed by atoms with Gasteiger partial charge in [-0.05, 0) is 56.0 Å². The van der Waals surface area contributed by atoms with Gasteiger partial charge in [-0.25, -0.2) is 19.2 Å². The molecule has 220 valence electrons. The van der Waals surface area contributed by atoms with Crippen molar-refractivity contribution < 1.29 is 13.9 Å². The SMILES string of the molecule is C=CC(=O)N1CCN(c2nc(=O)n(-c3cncnc3C3(C)CC3)c3c4c(c(C)cc23)-c2c(ccc(F)c2P)CO4)[C@@H](C)C1. The summed E-state index contributed by atoms with van der Waals surface area (Å²) in [5.41, 5.74) is 4.50. The van der Waals surface area contributed by atoms with Gasteiger partial charge in [0.2, 0.25) is 5.91 Å². The average molecular weight is 599 g/mol. The summed E-state index contributed by atoms with van der Waals surface area (Å²) in [5.74, 6) is 0.574. The minimum atomic E-state index is -0.481. The molecule has 7 rings (SSSR count). The summed E-state index contributed by atoms with van der Waals surface area (Å²) < 4.78 is 23.0. The zero-order valence-corrected chi connectivity index (χ0v) is 25.5. The molecule has 0 spiro atoms. The van der Waals surface area contributed by atoms with Gasteiger partial charge in [0.15, 0.2) is 5.75 Å². The molecule has 0 bridgehead atoms. The largest absolute Gasteiger partial charge is 0.486 e. The first-order valence-corrected chi connectivity index (χ1v) is 15.0. The topological polar surface area (TPSA) is 93.5 Å². The zero-order chi connectivity index (χ0) is 30.2. The lowest BCUT2D eigenvalue weighted by Gasteiger charge is -2.40. The van der Waals surface area contributed by atoms with E-state index in [-0.39, 0.29) is 29.8 Å². The first-order chi connectivity index (χ1) is 20.6.